The first-order valence-electron chi connectivity index (χ1n) is 6.10. The predicted molar refractivity (Wildman–Crippen MR) is 70.9 cm³/mol. The van der Waals surface area contributed by atoms with Gasteiger partial charge in [-0.05, 0) is 31.4 Å². The van der Waals surface area contributed by atoms with Crippen LogP contribution in [0.5, 0.6) is 0 Å². The second-order valence-corrected chi connectivity index (χ2v) is 5.18. The molecule has 0 N–H and O–H groups in total. The molecule has 1 aliphatic rings. The first kappa shape index (κ1) is 11.9. The molecule has 0 bridgehead atoms. The van der Waals surface area contributed by atoms with Crippen LogP contribution in [0.3, 0.4) is 0 Å². The van der Waals surface area contributed by atoms with E-state index in [2.05, 4.69) is 26.5 Å². The molecule has 1 aromatic rings. The number of carbonyl (C=O) groups excluding carboxylic acids is 1. The van der Waals surface area contributed by atoms with Crippen LogP contribution in [0.15, 0.2) is 24.8 Å². The highest BCUT2D eigenvalue weighted by atomic mass is 16.2. The topological polar surface area (TPSA) is 20.3 Å². The summed E-state index contributed by atoms with van der Waals surface area (Å²) in [5, 5.41) is 0. The number of rotatable bonds is 2. The summed E-state index contributed by atoms with van der Waals surface area (Å²) >= 11 is 0. The molecule has 17 heavy (non-hydrogen) atoms. The predicted octanol–water partition coefficient (Wildman–Crippen LogP) is 3.64. The number of hydrogen-bond donors (Lipinski definition) is 0. The van der Waals surface area contributed by atoms with Gasteiger partial charge in [-0.15, -0.1) is 0 Å². The summed E-state index contributed by atoms with van der Waals surface area (Å²) in [6, 6.07) is 6.28. The highest BCUT2D eigenvalue weighted by molar-refractivity contribution is 6.09. The Morgan fingerprint density at radius 1 is 1.12 bits per heavy atom. The number of amides is 1. The van der Waals surface area contributed by atoms with Crippen molar-refractivity contribution < 1.29 is 4.79 Å². The van der Waals surface area contributed by atoms with Crippen LogP contribution in [0.4, 0.5) is 0 Å². The molecular weight excluding hydrogens is 210 g/mol. The van der Waals surface area contributed by atoms with Crippen LogP contribution >= 0.6 is 0 Å². The van der Waals surface area contributed by atoms with Crippen LogP contribution in [0.2, 0.25) is 0 Å². The van der Waals surface area contributed by atoms with Crippen LogP contribution in [0, 0.1) is 0 Å². The number of nitrogens with zero attached hydrogens (tertiary/aromatic N) is 1. The van der Waals surface area contributed by atoms with Crippen molar-refractivity contribution in [1.29, 1.82) is 0 Å². The van der Waals surface area contributed by atoms with E-state index in [1.165, 1.54) is 5.56 Å². The van der Waals surface area contributed by atoms with Crippen LogP contribution < -0.4 is 0 Å². The molecule has 1 amide bonds. The highest BCUT2D eigenvalue weighted by Crippen LogP contribution is 2.34. The van der Waals surface area contributed by atoms with Gasteiger partial charge in [0.05, 0.1) is 0 Å². The maximum Gasteiger partial charge on any atom is 0.259 e. The zero-order chi connectivity index (χ0) is 12.7. The molecule has 0 saturated heterocycles. The standard InChI is InChI=1S/C15H19NO/c1-9(2)12-6-7-13-11(5)16(10(3)4)15(17)14(13)8-12/h6-10H,5H2,1-4H3. The lowest BCUT2D eigenvalue weighted by Gasteiger charge is -2.21. The zero-order valence-electron chi connectivity index (χ0n) is 10.9. The summed E-state index contributed by atoms with van der Waals surface area (Å²) in [4.78, 5) is 14.1. The molecule has 2 heteroatoms. The van der Waals surface area contributed by atoms with Crippen LogP contribution in [-0.4, -0.2) is 16.8 Å². The van der Waals surface area contributed by atoms with Crippen molar-refractivity contribution in [2.75, 3.05) is 0 Å². The van der Waals surface area contributed by atoms with Gasteiger partial charge in [-0.3, -0.25) is 4.79 Å². The minimum atomic E-state index is 0.0856. The molecular formula is C15H19NO. The third-order valence-corrected chi connectivity index (χ3v) is 3.28. The molecule has 0 spiro atoms. The summed E-state index contributed by atoms with van der Waals surface area (Å²) in [5.41, 5.74) is 3.81. The van der Waals surface area contributed by atoms with Crippen molar-refractivity contribution >= 4 is 11.6 Å². The number of carbonyl (C=O) groups is 1. The van der Waals surface area contributed by atoms with Crippen molar-refractivity contribution in [3.8, 4) is 0 Å². The molecule has 90 valence electrons. The lowest BCUT2D eigenvalue weighted by atomic mass is 9.98. The molecule has 2 nitrogen and oxygen atoms in total. The highest BCUT2D eigenvalue weighted by Gasteiger charge is 2.32. The van der Waals surface area contributed by atoms with Crippen molar-refractivity contribution in [2.24, 2.45) is 0 Å². The lowest BCUT2D eigenvalue weighted by molar-refractivity contribution is 0.0821. The average Bonchev–Trinajstić information content (AvgIpc) is 2.51. The van der Waals surface area contributed by atoms with Crippen LogP contribution in [-0.2, 0) is 0 Å². The normalized spacial score (nSPS) is 15.1. The molecule has 0 aromatic heterocycles. The quantitative estimate of drug-likeness (QED) is 0.758. The fourth-order valence-electron chi connectivity index (χ4n) is 2.28. The molecule has 0 radical (unpaired) electrons. The van der Waals surface area contributed by atoms with E-state index < -0.39 is 0 Å². The van der Waals surface area contributed by atoms with E-state index in [-0.39, 0.29) is 11.9 Å². The van der Waals surface area contributed by atoms with Gasteiger partial charge in [-0.25, -0.2) is 0 Å². The third-order valence-electron chi connectivity index (χ3n) is 3.28. The van der Waals surface area contributed by atoms with E-state index in [0.29, 0.717) is 5.92 Å². The molecule has 2 rings (SSSR count). The van der Waals surface area contributed by atoms with E-state index in [4.69, 9.17) is 0 Å². The van der Waals surface area contributed by atoms with Crippen molar-refractivity contribution in [3.05, 3.63) is 41.5 Å². The smallest absolute Gasteiger partial charge is 0.259 e. The van der Waals surface area contributed by atoms with Crippen molar-refractivity contribution in [1.82, 2.24) is 4.90 Å². The lowest BCUT2D eigenvalue weighted by Crippen LogP contribution is -2.29. The molecule has 0 fully saturated rings. The van der Waals surface area contributed by atoms with Gasteiger partial charge in [0, 0.05) is 22.9 Å². The number of fused-ring (bicyclic) bond motifs is 1. The second-order valence-electron chi connectivity index (χ2n) is 5.18. The molecule has 0 atom stereocenters. The Balaban J connectivity index is 2.51. The van der Waals surface area contributed by atoms with E-state index in [0.717, 1.165) is 16.8 Å². The molecule has 1 aromatic carbocycles. The molecule has 1 aliphatic heterocycles. The van der Waals surface area contributed by atoms with Gasteiger partial charge in [-0.1, -0.05) is 32.6 Å². The Labute approximate surface area is 103 Å². The summed E-state index contributed by atoms with van der Waals surface area (Å²) < 4.78 is 0. The Morgan fingerprint density at radius 2 is 1.76 bits per heavy atom. The van der Waals surface area contributed by atoms with Gasteiger partial charge in [-0.2, -0.15) is 0 Å². The van der Waals surface area contributed by atoms with Gasteiger partial charge >= 0.3 is 0 Å². The van der Waals surface area contributed by atoms with Gasteiger partial charge in [0.1, 0.15) is 0 Å². The SMILES string of the molecule is C=C1c2ccc(C(C)C)cc2C(=O)N1C(C)C. The fourth-order valence-corrected chi connectivity index (χ4v) is 2.28. The first-order chi connectivity index (χ1) is 7.93. The Bertz CT molecular complexity index is 486. The van der Waals surface area contributed by atoms with Crippen molar-refractivity contribution in [3.63, 3.8) is 0 Å². The molecule has 0 saturated carbocycles. The van der Waals surface area contributed by atoms with Gasteiger partial charge < -0.3 is 4.90 Å². The minimum Gasteiger partial charge on any atom is -0.306 e. The van der Waals surface area contributed by atoms with E-state index in [1.54, 1.807) is 4.90 Å². The maximum absolute atomic E-state index is 12.3. The average molecular weight is 229 g/mol. The largest absolute Gasteiger partial charge is 0.306 e. The van der Waals surface area contributed by atoms with Crippen LogP contribution in [0.1, 0.15) is 55.1 Å². The summed E-state index contributed by atoms with van der Waals surface area (Å²) in [5.74, 6) is 0.525. The summed E-state index contributed by atoms with van der Waals surface area (Å²) in [6.07, 6.45) is 0. The van der Waals surface area contributed by atoms with Crippen LogP contribution in [0.25, 0.3) is 5.70 Å². The zero-order valence-corrected chi connectivity index (χ0v) is 10.9. The molecule has 0 unspecified atom stereocenters. The van der Waals surface area contributed by atoms with Gasteiger partial charge in [0.25, 0.3) is 5.91 Å². The van der Waals surface area contributed by atoms with Gasteiger partial charge in [0.15, 0.2) is 0 Å². The van der Waals surface area contributed by atoms with Gasteiger partial charge in [0.2, 0.25) is 0 Å². The van der Waals surface area contributed by atoms with E-state index in [9.17, 15) is 4.79 Å². The fraction of sp³-hybridized carbons (Fsp3) is 0.400. The first-order valence-corrected chi connectivity index (χ1v) is 6.10. The summed E-state index contributed by atoms with van der Waals surface area (Å²) in [7, 11) is 0. The second kappa shape index (κ2) is 4.02. The van der Waals surface area contributed by atoms with Crippen molar-refractivity contribution in [2.45, 2.75) is 39.7 Å². The number of benzene rings is 1. The Kier molecular flexibility index (Phi) is 2.82. The minimum absolute atomic E-state index is 0.0856. The maximum atomic E-state index is 12.3. The third kappa shape index (κ3) is 1.78. The Morgan fingerprint density at radius 3 is 2.29 bits per heavy atom. The summed E-state index contributed by atoms with van der Waals surface area (Å²) in [6.45, 7) is 12.3. The Hall–Kier alpha value is -1.57. The van der Waals surface area contributed by atoms with E-state index in [1.807, 2.05) is 26.0 Å². The monoisotopic (exact) mass is 229 g/mol. The number of hydrogen-bond acceptors (Lipinski definition) is 1. The molecule has 1 heterocycles. The van der Waals surface area contributed by atoms with E-state index >= 15 is 0 Å². The molecule has 0 aliphatic carbocycles.